The van der Waals surface area contributed by atoms with Crippen molar-refractivity contribution in [3.8, 4) is 5.88 Å². The minimum absolute atomic E-state index is 0.138. The van der Waals surface area contributed by atoms with Gasteiger partial charge >= 0.3 is 0 Å². The van der Waals surface area contributed by atoms with Crippen LogP contribution in [0.1, 0.15) is 19.3 Å². The van der Waals surface area contributed by atoms with Crippen LogP contribution in [-0.4, -0.2) is 28.1 Å². The number of hydrogen-bond acceptors (Lipinski definition) is 4. The lowest BCUT2D eigenvalue weighted by Gasteiger charge is -2.13. The van der Waals surface area contributed by atoms with E-state index in [1.165, 1.54) is 0 Å². The first-order valence-corrected chi connectivity index (χ1v) is 6.10. The Labute approximate surface area is 106 Å². The van der Waals surface area contributed by atoms with Crippen molar-refractivity contribution in [1.29, 1.82) is 0 Å². The number of nitrogens with zero attached hydrogens (tertiary/aromatic N) is 1. The van der Waals surface area contributed by atoms with Crippen LogP contribution in [0.5, 0.6) is 5.88 Å². The zero-order valence-corrected chi connectivity index (χ0v) is 10.1. The number of aromatic nitrogens is 1. The minimum Gasteiger partial charge on any atom is -0.448 e. The van der Waals surface area contributed by atoms with Crippen molar-refractivity contribution >= 4 is 10.8 Å². The van der Waals surface area contributed by atoms with E-state index in [2.05, 4.69) is 4.98 Å². The van der Waals surface area contributed by atoms with Crippen LogP contribution in [0, 0.1) is 0 Å². The summed E-state index contributed by atoms with van der Waals surface area (Å²) in [4.78, 5) is 4.14. The van der Waals surface area contributed by atoms with Crippen LogP contribution in [-0.2, 0) is 0 Å². The van der Waals surface area contributed by atoms with Crippen LogP contribution in [0.25, 0.3) is 10.8 Å². The summed E-state index contributed by atoms with van der Waals surface area (Å²) in [5.74, 6) is 0.449. The van der Waals surface area contributed by atoms with Crippen molar-refractivity contribution in [2.45, 2.75) is 25.6 Å². The summed E-state index contributed by atoms with van der Waals surface area (Å²) < 4.78 is 5.44. The van der Waals surface area contributed by atoms with Crippen molar-refractivity contribution in [2.75, 3.05) is 6.61 Å². The second-order valence-electron chi connectivity index (χ2n) is 4.13. The molecule has 0 saturated carbocycles. The molecule has 0 aliphatic carbocycles. The third-order valence-corrected chi connectivity index (χ3v) is 2.74. The van der Waals surface area contributed by atoms with Crippen LogP contribution in [0.15, 0.2) is 36.5 Å². The lowest BCUT2D eigenvalue weighted by Crippen LogP contribution is -2.16. The van der Waals surface area contributed by atoms with Gasteiger partial charge in [-0.2, -0.15) is 0 Å². The summed E-state index contributed by atoms with van der Waals surface area (Å²) >= 11 is 0. The van der Waals surface area contributed by atoms with Gasteiger partial charge in [-0.1, -0.05) is 18.2 Å². The highest BCUT2D eigenvalue weighted by Gasteiger charge is 2.09. The first-order chi connectivity index (χ1) is 8.81. The Morgan fingerprint density at radius 1 is 1.17 bits per heavy atom. The van der Waals surface area contributed by atoms with Crippen molar-refractivity contribution in [3.63, 3.8) is 0 Å². The minimum atomic E-state index is -0.880. The molecule has 0 aliphatic rings. The highest BCUT2D eigenvalue weighted by molar-refractivity contribution is 5.86. The lowest BCUT2D eigenvalue weighted by atomic mass is 10.2. The molecule has 0 fully saturated rings. The Morgan fingerprint density at radius 3 is 2.83 bits per heavy atom. The zero-order chi connectivity index (χ0) is 12.8. The van der Waals surface area contributed by atoms with E-state index in [0.717, 1.165) is 17.2 Å². The molecular weight excluding hydrogens is 230 g/mol. The van der Waals surface area contributed by atoms with Crippen LogP contribution in [0.4, 0.5) is 0 Å². The summed E-state index contributed by atoms with van der Waals surface area (Å²) in [6.07, 6.45) is 2.67. The molecule has 1 heterocycles. The summed E-state index contributed by atoms with van der Waals surface area (Å²) in [6, 6.07) is 9.65. The Bertz CT molecular complexity index is 496. The SMILES string of the molecule is OCCCCC(O)Oc1nccc2ccccc12. The molecular formula is C14H17NO3. The van der Waals surface area contributed by atoms with E-state index in [1.807, 2.05) is 30.3 Å². The Kier molecular flexibility index (Phi) is 4.50. The number of ether oxygens (including phenoxy) is 1. The molecule has 0 bridgehead atoms. The standard InChI is InChI=1S/C14H17NO3/c16-10-4-3-7-13(17)18-14-12-6-2-1-5-11(12)8-9-15-14/h1-2,5-6,8-9,13,16-17H,3-4,7,10H2. The largest absolute Gasteiger partial charge is 0.448 e. The quantitative estimate of drug-likeness (QED) is 0.606. The Hall–Kier alpha value is -1.65. The molecule has 1 aromatic carbocycles. The van der Waals surface area contributed by atoms with Gasteiger partial charge in [-0.3, -0.25) is 0 Å². The molecule has 0 amide bonds. The molecule has 0 aliphatic heterocycles. The molecule has 4 heteroatoms. The van der Waals surface area contributed by atoms with E-state index in [9.17, 15) is 5.11 Å². The molecule has 0 spiro atoms. The van der Waals surface area contributed by atoms with Gasteiger partial charge in [0, 0.05) is 24.6 Å². The van der Waals surface area contributed by atoms with Crippen molar-refractivity contribution in [1.82, 2.24) is 4.98 Å². The summed E-state index contributed by atoms with van der Waals surface area (Å²) in [5, 5.41) is 20.3. The van der Waals surface area contributed by atoms with Gasteiger partial charge in [0.05, 0.1) is 0 Å². The van der Waals surface area contributed by atoms with E-state index in [4.69, 9.17) is 9.84 Å². The highest BCUT2D eigenvalue weighted by atomic mass is 16.6. The number of aliphatic hydroxyl groups excluding tert-OH is 2. The Balaban J connectivity index is 2.07. The fourth-order valence-electron chi connectivity index (χ4n) is 1.80. The fraction of sp³-hybridized carbons (Fsp3) is 0.357. The maximum atomic E-state index is 9.74. The summed E-state index contributed by atoms with van der Waals surface area (Å²) in [5.41, 5.74) is 0. The van der Waals surface area contributed by atoms with Gasteiger partial charge < -0.3 is 14.9 Å². The second-order valence-corrected chi connectivity index (χ2v) is 4.13. The molecule has 96 valence electrons. The maximum absolute atomic E-state index is 9.74. The molecule has 1 atom stereocenters. The molecule has 2 aromatic rings. The number of unbranched alkanes of at least 4 members (excludes halogenated alkanes) is 1. The van der Waals surface area contributed by atoms with E-state index in [1.54, 1.807) is 6.20 Å². The number of benzene rings is 1. The van der Waals surface area contributed by atoms with Crippen LogP contribution in [0.3, 0.4) is 0 Å². The molecule has 18 heavy (non-hydrogen) atoms. The first-order valence-electron chi connectivity index (χ1n) is 6.10. The predicted molar refractivity (Wildman–Crippen MR) is 69.3 cm³/mol. The number of rotatable bonds is 6. The molecule has 1 unspecified atom stereocenters. The molecule has 1 aromatic heterocycles. The van der Waals surface area contributed by atoms with Crippen molar-refractivity contribution in [2.24, 2.45) is 0 Å². The van der Waals surface area contributed by atoms with Gasteiger partial charge in [-0.25, -0.2) is 4.98 Å². The van der Waals surface area contributed by atoms with Gasteiger partial charge in [0.2, 0.25) is 5.88 Å². The Morgan fingerprint density at radius 2 is 2.00 bits per heavy atom. The van der Waals surface area contributed by atoms with E-state index < -0.39 is 6.29 Å². The average molecular weight is 247 g/mol. The maximum Gasteiger partial charge on any atom is 0.223 e. The van der Waals surface area contributed by atoms with Gasteiger partial charge in [0.1, 0.15) is 0 Å². The van der Waals surface area contributed by atoms with Gasteiger partial charge in [0.15, 0.2) is 6.29 Å². The third kappa shape index (κ3) is 3.18. The molecule has 0 saturated heterocycles. The van der Waals surface area contributed by atoms with E-state index >= 15 is 0 Å². The van der Waals surface area contributed by atoms with E-state index in [-0.39, 0.29) is 6.61 Å². The fourth-order valence-corrected chi connectivity index (χ4v) is 1.80. The first kappa shape index (κ1) is 12.8. The van der Waals surface area contributed by atoms with Crippen molar-refractivity contribution < 1.29 is 14.9 Å². The van der Waals surface area contributed by atoms with Crippen LogP contribution in [0.2, 0.25) is 0 Å². The molecule has 0 radical (unpaired) electrons. The molecule has 2 N–H and O–H groups in total. The van der Waals surface area contributed by atoms with Gasteiger partial charge in [0.25, 0.3) is 0 Å². The highest BCUT2D eigenvalue weighted by Crippen LogP contribution is 2.23. The smallest absolute Gasteiger partial charge is 0.223 e. The third-order valence-electron chi connectivity index (χ3n) is 2.74. The normalized spacial score (nSPS) is 12.6. The second kappa shape index (κ2) is 6.33. The monoisotopic (exact) mass is 247 g/mol. The average Bonchev–Trinajstić information content (AvgIpc) is 2.39. The zero-order valence-electron chi connectivity index (χ0n) is 10.1. The lowest BCUT2D eigenvalue weighted by molar-refractivity contribution is -0.0269. The molecule has 4 nitrogen and oxygen atoms in total. The molecule has 2 rings (SSSR count). The summed E-state index contributed by atoms with van der Waals surface area (Å²) in [6.45, 7) is 0.138. The van der Waals surface area contributed by atoms with Gasteiger partial charge in [-0.05, 0) is 30.4 Å². The van der Waals surface area contributed by atoms with Gasteiger partial charge in [-0.15, -0.1) is 0 Å². The van der Waals surface area contributed by atoms with Crippen LogP contribution >= 0.6 is 0 Å². The van der Waals surface area contributed by atoms with Crippen molar-refractivity contribution in [3.05, 3.63) is 36.5 Å². The number of fused-ring (bicyclic) bond motifs is 1. The number of hydrogen-bond donors (Lipinski definition) is 2. The van der Waals surface area contributed by atoms with E-state index in [0.29, 0.717) is 18.7 Å². The number of aliphatic hydroxyl groups is 2. The van der Waals surface area contributed by atoms with Crippen LogP contribution < -0.4 is 4.74 Å². The predicted octanol–water partition coefficient (Wildman–Crippen LogP) is 2.09. The summed E-state index contributed by atoms with van der Waals surface area (Å²) in [7, 11) is 0. The number of pyridine rings is 1. The topological polar surface area (TPSA) is 62.6 Å².